The molecule has 0 aromatic heterocycles. The van der Waals surface area contributed by atoms with Gasteiger partial charge in [0, 0.05) is 0 Å². The van der Waals surface area contributed by atoms with E-state index < -0.39 is 5.60 Å². The van der Waals surface area contributed by atoms with Gasteiger partial charge in [0.15, 0.2) is 0 Å². The minimum atomic E-state index is -0.480. The van der Waals surface area contributed by atoms with E-state index in [2.05, 4.69) is 27.7 Å². The van der Waals surface area contributed by atoms with Crippen LogP contribution in [0.2, 0.25) is 0 Å². The first-order valence-electron chi connectivity index (χ1n) is 4.49. The second kappa shape index (κ2) is 2.22. The molecule has 3 atom stereocenters. The van der Waals surface area contributed by atoms with Gasteiger partial charge in [-0.05, 0) is 30.6 Å². The first kappa shape index (κ1) is 9.05. The first-order valence-corrected chi connectivity index (χ1v) is 4.49. The summed E-state index contributed by atoms with van der Waals surface area (Å²) in [6, 6.07) is 0. The number of hydrogen-bond acceptors (Lipinski definition) is 1. The van der Waals surface area contributed by atoms with Crippen molar-refractivity contribution in [3.05, 3.63) is 0 Å². The van der Waals surface area contributed by atoms with Gasteiger partial charge in [-0.25, -0.2) is 0 Å². The Hall–Kier alpha value is -0.0400. The van der Waals surface area contributed by atoms with Crippen LogP contribution in [0.5, 0.6) is 0 Å². The normalized spacial score (nSPS) is 36.5. The maximum Gasteiger partial charge on any atom is 0.0698 e. The summed E-state index contributed by atoms with van der Waals surface area (Å²) in [5.74, 6) is 1.26. The maximum absolute atomic E-state index is 10.2. The Kier molecular flexibility index (Phi) is 1.83. The molecule has 0 heterocycles. The SMILES string of the molecule is CC1CC1C(C)(O)C(C)(C)C. The summed E-state index contributed by atoms with van der Waals surface area (Å²) in [5.41, 5.74) is -0.463. The molecule has 3 unspecified atom stereocenters. The van der Waals surface area contributed by atoms with Gasteiger partial charge < -0.3 is 5.11 Å². The summed E-state index contributed by atoms with van der Waals surface area (Å²) in [4.78, 5) is 0. The van der Waals surface area contributed by atoms with Crippen LogP contribution in [-0.2, 0) is 0 Å². The third-order valence-corrected chi connectivity index (χ3v) is 3.35. The predicted molar refractivity (Wildman–Crippen MR) is 47.3 cm³/mol. The monoisotopic (exact) mass is 156 g/mol. The van der Waals surface area contributed by atoms with E-state index in [-0.39, 0.29) is 5.41 Å². The van der Waals surface area contributed by atoms with E-state index in [0.29, 0.717) is 5.92 Å². The zero-order valence-corrected chi connectivity index (χ0v) is 8.31. The van der Waals surface area contributed by atoms with Crippen molar-refractivity contribution in [2.45, 2.75) is 46.6 Å². The van der Waals surface area contributed by atoms with E-state index >= 15 is 0 Å². The number of rotatable bonds is 1. The Morgan fingerprint density at radius 1 is 1.18 bits per heavy atom. The molecule has 0 bridgehead atoms. The fourth-order valence-corrected chi connectivity index (χ4v) is 1.66. The van der Waals surface area contributed by atoms with Crippen molar-refractivity contribution >= 4 is 0 Å². The van der Waals surface area contributed by atoms with Gasteiger partial charge in [0.2, 0.25) is 0 Å². The Morgan fingerprint density at radius 3 is 1.64 bits per heavy atom. The minimum absolute atomic E-state index is 0.0163. The number of hydrogen-bond donors (Lipinski definition) is 1. The van der Waals surface area contributed by atoms with Crippen LogP contribution in [0.4, 0.5) is 0 Å². The molecule has 1 rings (SSSR count). The lowest BCUT2D eigenvalue weighted by Crippen LogP contribution is -2.42. The van der Waals surface area contributed by atoms with Crippen LogP contribution in [0.3, 0.4) is 0 Å². The lowest BCUT2D eigenvalue weighted by atomic mass is 9.74. The Morgan fingerprint density at radius 2 is 1.55 bits per heavy atom. The van der Waals surface area contributed by atoms with Gasteiger partial charge in [0.1, 0.15) is 0 Å². The Balaban J connectivity index is 2.67. The fourth-order valence-electron chi connectivity index (χ4n) is 1.66. The Bertz CT molecular complexity index is 153. The van der Waals surface area contributed by atoms with Crippen LogP contribution in [0.15, 0.2) is 0 Å². The van der Waals surface area contributed by atoms with Crippen molar-refractivity contribution in [1.82, 2.24) is 0 Å². The molecule has 1 aliphatic carbocycles. The summed E-state index contributed by atoms with van der Waals surface area (Å²) in [7, 11) is 0. The summed E-state index contributed by atoms with van der Waals surface area (Å²) < 4.78 is 0. The van der Waals surface area contributed by atoms with Gasteiger partial charge >= 0.3 is 0 Å². The third-order valence-electron chi connectivity index (χ3n) is 3.35. The zero-order valence-electron chi connectivity index (χ0n) is 8.31. The minimum Gasteiger partial charge on any atom is -0.389 e. The molecule has 0 amide bonds. The van der Waals surface area contributed by atoms with Crippen LogP contribution in [0, 0.1) is 17.3 Å². The molecule has 1 fully saturated rings. The average Bonchev–Trinajstić information content (AvgIpc) is 2.43. The van der Waals surface area contributed by atoms with Crippen molar-refractivity contribution in [1.29, 1.82) is 0 Å². The topological polar surface area (TPSA) is 20.2 Å². The van der Waals surface area contributed by atoms with Crippen molar-refractivity contribution in [3.63, 3.8) is 0 Å². The number of aliphatic hydroxyl groups is 1. The Labute approximate surface area is 69.8 Å². The molecular formula is C10H20O. The average molecular weight is 156 g/mol. The van der Waals surface area contributed by atoms with E-state index in [0.717, 1.165) is 5.92 Å². The fraction of sp³-hybridized carbons (Fsp3) is 1.00. The van der Waals surface area contributed by atoms with Crippen molar-refractivity contribution in [2.75, 3.05) is 0 Å². The second-order valence-corrected chi connectivity index (χ2v) is 5.22. The smallest absolute Gasteiger partial charge is 0.0698 e. The molecule has 1 heteroatoms. The van der Waals surface area contributed by atoms with Crippen LogP contribution >= 0.6 is 0 Å². The second-order valence-electron chi connectivity index (χ2n) is 5.22. The highest BCUT2D eigenvalue weighted by Crippen LogP contribution is 2.52. The molecule has 1 aliphatic rings. The van der Waals surface area contributed by atoms with Crippen molar-refractivity contribution in [2.24, 2.45) is 17.3 Å². The van der Waals surface area contributed by atoms with Gasteiger partial charge in [0.05, 0.1) is 5.60 Å². The summed E-state index contributed by atoms with van der Waals surface area (Å²) >= 11 is 0. The lowest BCUT2D eigenvalue weighted by molar-refractivity contribution is -0.0636. The molecule has 1 saturated carbocycles. The quantitative estimate of drug-likeness (QED) is 0.618. The van der Waals surface area contributed by atoms with Crippen LogP contribution in [0.25, 0.3) is 0 Å². The molecular weight excluding hydrogens is 136 g/mol. The summed E-state index contributed by atoms with van der Waals surface area (Å²) in [5, 5.41) is 10.2. The molecule has 1 nitrogen and oxygen atoms in total. The molecule has 1 N–H and O–H groups in total. The van der Waals surface area contributed by atoms with Gasteiger partial charge in [-0.3, -0.25) is 0 Å². The van der Waals surface area contributed by atoms with Crippen molar-refractivity contribution < 1.29 is 5.11 Å². The third kappa shape index (κ3) is 1.44. The zero-order chi connectivity index (χ0) is 8.86. The maximum atomic E-state index is 10.2. The van der Waals surface area contributed by atoms with Crippen LogP contribution < -0.4 is 0 Å². The summed E-state index contributed by atoms with van der Waals surface area (Å²) in [6.45, 7) is 10.5. The molecule has 0 aromatic rings. The first-order chi connectivity index (χ1) is 4.77. The standard InChI is InChI=1S/C10H20O/c1-7-6-8(7)10(5,11)9(2,3)4/h7-8,11H,6H2,1-5H3. The molecule has 0 aliphatic heterocycles. The molecule has 0 aromatic carbocycles. The lowest BCUT2D eigenvalue weighted by Gasteiger charge is -2.37. The highest BCUT2D eigenvalue weighted by molar-refractivity contribution is 5.02. The summed E-state index contributed by atoms with van der Waals surface area (Å²) in [6.07, 6.45) is 1.20. The van der Waals surface area contributed by atoms with Gasteiger partial charge in [-0.2, -0.15) is 0 Å². The van der Waals surface area contributed by atoms with E-state index in [1.54, 1.807) is 0 Å². The molecule has 11 heavy (non-hydrogen) atoms. The molecule has 0 radical (unpaired) electrons. The van der Waals surface area contributed by atoms with E-state index in [1.165, 1.54) is 6.42 Å². The van der Waals surface area contributed by atoms with Crippen molar-refractivity contribution in [3.8, 4) is 0 Å². The molecule has 0 spiro atoms. The van der Waals surface area contributed by atoms with Gasteiger partial charge in [-0.15, -0.1) is 0 Å². The van der Waals surface area contributed by atoms with E-state index in [9.17, 15) is 5.11 Å². The molecule has 66 valence electrons. The van der Waals surface area contributed by atoms with E-state index in [4.69, 9.17) is 0 Å². The van der Waals surface area contributed by atoms with E-state index in [1.807, 2.05) is 6.92 Å². The molecule has 0 saturated heterocycles. The van der Waals surface area contributed by atoms with Crippen LogP contribution in [0.1, 0.15) is 41.0 Å². The highest BCUT2D eigenvalue weighted by Gasteiger charge is 2.52. The predicted octanol–water partition coefficient (Wildman–Crippen LogP) is 2.44. The van der Waals surface area contributed by atoms with Gasteiger partial charge in [0.25, 0.3) is 0 Å². The highest BCUT2D eigenvalue weighted by atomic mass is 16.3. The largest absolute Gasteiger partial charge is 0.389 e. The van der Waals surface area contributed by atoms with Gasteiger partial charge in [-0.1, -0.05) is 27.7 Å². The van der Waals surface area contributed by atoms with Crippen LogP contribution in [-0.4, -0.2) is 10.7 Å².